The normalized spacial score (nSPS) is 8.42. The molecule has 0 bridgehead atoms. The molecule has 0 spiro atoms. The Bertz CT molecular complexity index is 184. The van der Waals surface area contributed by atoms with Gasteiger partial charge in [-0.05, 0) is 12.8 Å². The van der Waals surface area contributed by atoms with Crippen molar-refractivity contribution in [3.8, 4) is 0 Å². The maximum absolute atomic E-state index is 9.87. The van der Waals surface area contributed by atoms with Crippen LogP contribution in [0, 0.1) is 0 Å². The second-order valence-corrected chi connectivity index (χ2v) is 6.35. The van der Waals surface area contributed by atoms with Gasteiger partial charge in [-0.1, -0.05) is 39.5 Å². The first-order valence-corrected chi connectivity index (χ1v) is 10.7. The van der Waals surface area contributed by atoms with Gasteiger partial charge in [0.05, 0.1) is 0 Å². The summed E-state index contributed by atoms with van der Waals surface area (Å²) in [6.45, 7) is 4.11. The molecular formula is C12H24Cl2O4Ti. The van der Waals surface area contributed by atoms with E-state index in [9.17, 15) is 9.59 Å². The predicted molar refractivity (Wildman–Crippen MR) is 75.3 cm³/mol. The Hall–Kier alpha value is 0.234. The summed E-state index contributed by atoms with van der Waals surface area (Å²) in [7, 11) is 9.78. The van der Waals surface area contributed by atoms with Crippen LogP contribution in [0.15, 0.2) is 0 Å². The predicted octanol–water partition coefficient (Wildman–Crippen LogP) is 4.68. The Morgan fingerprint density at radius 1 is 0.842 bits per heavy atom. The van der Waals surface area contributed by atoms with E-state index in [1.54, 1.807) is 0 Å². The van der Waals surface area contributed by atoms with Gasteiger partial charge in [0, 0.05) is 12.8 Å². The number of aliphatic carboxylic acids is 2. The molecule has 0 saturated heterocycles. The fraction of sp³-hybridized carbons (Fsp3) is 0.833. The average molecular weight is 351 g/mol. The van der Waals surface area contributed by atoms with Crippen LogP contribution in [0.4, 0.5) is 0 Å². The van der Waals surface area contributed by atoms with Crippen molar-refractivity contribution in [2.75, 3.05) is 0 Å². The first-order valence-electron chi connectivity index (χ1n) is 6.35. The molecule has 19 heavy (non-hydrogen) atoms. The van der Waals surface area contributed by atoms with Gasteiger partial charge in [0.1, 0.15) is 0 Å². The molecule has 0 aliphatic rings. The molecule has 2 N–H and O–H groups in total. The van der Waals surface area contributed by atoms with Crippen molar-refractivity contribution < 1.29 is 36.8 Å². The van der Waals surface area contributed by atoms with Crippen LogP contribution in [0.25, 0.3) is 0 Å². The van der Waals surface area contributed by atoms with Crippen LogP contribution in [0.5, 0.6) is 0 Å². The maximum atomic E-state index is 9.87. The fourth-order valence-corrected chi connectivity index (χ4v) is 1.05. The van der Waals surface area contributed by atoms with Crippen molar-refractivity contribution in [2.45, 2.75) is 65.2 Å². The van der Waals surface area contributed by atoms with Crippen LogP contribution >= 0.6 is 18.6 Å². The molecule has 0 fully saturated rings. The summed E-state index contributed by atoms with van der Waals surface area (Å²) in [4.78, 5) is 19.7. The van der Waals surface area contributed by atoms with Gasteiger partial charge in [-0.15, -0.1) is 0 Å². The fourth-order valence-electron chi connectivity index (χ4n) is 1.05. The van der Waals surface area contributed by atoms with Crippen LogP contribution in [0.2, 0.25) is 0 Å². The molecule has 4 nitrogen and oxygen atoms in total. The molecule has 0 aromatic carbocycles. The third-order valence-corrected chi connectivity index (χ3v) is 1.99. The third kappa shape index (κ3) is 45.9. The van der Waals surface area contributed by atoms with Gasteiger partial charge in [-0.25, -0.2) is 0 Å². The Kier molecular flexibility index (Phi) is 29.8. The SMILES string of the molecule is CCCCCC(=O)O.CCCCCC(=O)O.[Cl][Ti][Cl]. The van der Waals surface area contributed by atoms with Crippen LogP contribution in [0.1, 0.15) is 65.2 Å². The molecule has 0 radical (unpaired) electrons. The number of carboxylic acids is 2. The van der Waals surface area contributed by atoms with E-state index in [-0.39, 0.29) is 0 Å². The van der Waals surface area contributed by atoms with E-state index in [2.05, 4.69) is 13.8 Å². The van der Waals surface area contributed by atoms with E-state index in [1.807, 2.05) is 0 Å². The monoisotopic (exact) mass is 350 g/mol. The molecule has 0 aliphatic carbocycles. The van der Waals surface area contributed by atoms with Gasteiger partial charge in [-0.3, -0.25) is 9.59 Å². The number of halogens is 2. The van der Waals surface area contributed by atoms with Gasteiger partial charge in [0.25, 0.3) is 0 Å². The zero-order chi connectivity index (χ0) is 15.5. The summed E-state index contributed by atoms with van der Waals surface area (Å²) in [5, 5.41) is 16.3. The molecule has 0 aromatic rings. The Morgan fingerprint density at radius 3 is 1.26 bits per heavy atom. The first kappa shape index (κ1) is 24.3. The second kappa shape index (κ2) is 23.3. The molecule has 0 unspecified atom stereocenters. The number of carbonyl (C=O) groups is 2. The van der Waals surface area contributed by atoms with Crippen molar-refractivity contribution in [3.63, 3.8) is 0 Å². The van der Waals surface area contributed by atoms with Gasteiger partial charge in [0.15, 0.2) is 0 Å². The van der Waals surface area contributed by atoms with Gasteiger partial charge in [-0.2, -0.15) is 0 Å². The van der Waals surface area contributed by atoms with Gasteiger partial charge < -0.3 is 10.2 Å². The molecule has 0 aromatic heterocycles. The number of rotatable bonds is 8. The summed E-state index contributed by atoms with van der Waals surface area (Å²) in [5.74, 6) is -1.36. The standard InChI is InChI=1S/2C6H12O2.2ClH.Ti/c2*1-2-3-4-5-6(7)8;;;/h2*2-5H2,1H3,(H,7,8);2*1H;/q;;;;+2/p-2. The topological polar surface area (TPSA) is 74.6 Å². The zero-order valence-electron chi connectivity index (χ0n) is 11.6. The molecule has 0 aliphatic heterocycles. The van der Waals surface area contributed by atoms with E-state index in [0.717, 1.165) is 38.5 Å². The minimum atomic E-state index is -0.682. The quantitative estimate of drug-likeness (QED) is 0.492. The summed E-state index contributed by atoms with van der Waals surface area (Å²) in [6.07, 6.45) is 6.55. The van der Waals surface area contributed by atoms with Crippen LogP contribution in [0.3, 0.4) is 0 Å². The molecule has 0 rings (SSSR count). The van der Waals surface area contributed by atoms with E-state index in [1.165, 1.54) is 0 Å². The number of hydrogen-bond acceptors (Lipinski definition) is 2. The van der Waals surface area contributed by atoms with Crippen molar-refractivity contribution in [3.05, 3.63) is 0 Å². The first-order chi connectivity index (χ1) is 8.95. The summed E-state index contributed by atoms with van der Waals surface area (Å²) in [5.41, 5.74) is 0. The molecule has 0 saturated carbocycles. The van der Waals surface area contributed by atoms with Crippen molar-refractivity contribution in [1.29, 1.82) is 0 Å². The van der Waals surface area contributed by atoms with Crippen molar-refractivity contribution in [1.82, 2.24) is 0 Å². The van der Waals surface area contributed by atoms with Crippen LogP contribution in [-0.4, -0.2) is 22.2 Å². The minimum absolute atomic E-state index is 0.327. The van der Waals surface area contributed by atoms with Gasteiger partial charge in [0.2, 0.25) is 0 Å². The number of hydrogen-bond donors (Lipinski definition) is 2. The van der Waals surface area contributed by atoms with E-state index in [0.29, 0.717) is 12.8 Å². The molecule has 0 heterocycles. The van der Waals surface area contributed by atoms with E-state index >= 15 is 0 Å². The summed E-state index contributed by atoms with van der Waals surface area (Å²) in [6, 6.07) is 0. The van der Waals surface area contributed by atoms with Crippen molar-refractivity contribution in [2.24, 2.45) is 0 Å². The molecule has 114 valence electrons. The Balaban J connectivity index is -0.000000224. The van der Waals surface area contributed by atoms with Crippen molar-refractivity contribution >= 4 is 30.5 Å². The average Bonchev–Trinajstić information content (AvgIpc) is 2.31. The Labute approximate surface area is 132 Å². The zero-order valence-corrected chi connectivity index (χ0v) is 14.7. The third-order valence-electron chi connectivity index (χ3n) is 1.99. The van der Waals surface area contributed by atoms with E-state index in [4.69, 9.17) is 28.8 Å². The van der Waals surface area contributed by atoms with Crippen LogP contribution < -0.4 is 0 Å². The summed E-state index contributed by atoms with van der Waals surface area (Å²) >= 11 is -0.556. The second-order valence-electron chi connectivity index (χ2n) is 3.77. The molecule has 0 amide bonds. The van der Waals surface area contributed by atoms with Crippen LogP contribution in [-0.2, 0) is 26.6 Å². The number of carboxylic acid groups (broad SMARTS) is 2. The summed E-state index contributed by atoms with van der Waals surface area (Å²) < 4.78 is 0. The Morgan fingerprint density at radius 2 is 1.11 bits per heavy atom. The van der Waals surface area contributed by atoms with E-state index < -0.39 is 29.0 Å². The molecule has 0 atom stereocenters. The number of unbranched alkanes of at least 4 members (excludes halogenated alkanes) is 4. The van der Waals surface area contributed by atoms with Gasteiger partial charge >= 0.3 is 47.6 Å². The molecular weight excluding hydrogens is 327 g/mol. The molecule has 7 heteroatoms.